The van der Waals surface area contributed by atoms with E-state index in [9.17, 15) is 4.79 Å². The maximum Gasteiger partial charge on any atom is 0.338 e. The Morgan fingerprint density at radius 3 is 2.14 bits per heavy atom. The average Bonchev–Trinajstić information content (AvgIpc) is 2.78. The maximum absolute atomic E-state index is 12.7. The number of methoxy groups -OCH3 is 3. The monoisotopic (exact) mass is 399 g/mol. The van der Waals surface area contributed by atoms with Crippen molar-refractivity contribution in [3.05, 3.63) is 53.6 Å². The molecule has 0 atom stereocenters. The van der Waals surface area contributed by atoms with Gasteiger partial charge in [-0.2, -0.15) is 0 Å². The van der Waals surface area contributed by atoms with E-state index in [-0.39, 0.29) is 12.1 Å². The molecule has 1 aliphatic rings. The summed E-state index contributed by atoms with van der Waals surface area (Å²) in [5, 5.41) is 0. The summed E-state index contributed by atoms with van der Waals surface area (Å²) in [6, 6.07) is 13.8. The normalized spacial score (nSPS) is 15.0. The topological polar surface area (TPSA) is 57.2 Å². The molecule has 0 aliphatic carbocycles. The zero-order chi connectivity index (χ0) is 20.6. The number of esters is 1. The lowest BCUT2D eigenvalue weighted by Crippen LogP contribution is -2.38. The van der Waals surface area contributed by atoms with Gasteiger partial charge < -0.3 is 23.8 Å². The van der Waals surface area contributed by atoms with Gasteiger partial charge in [0.15, 0.2) is 11.5 Å². The fourth-order valence-electron chi connectivity index (χ4n) is 3.60. The van der Waals surface area contributed by atoms with Gasteiger partial charge in [-0.3, -0.25) is 0 Å². The lowest BCUT2D eigenvalue weighted by Gasteiger charge is -2.31. The van der Waals surface area contributed by atoms with E-state index in [1.165, 1.54) is 26.9 Å². The number of hydrogen-bond acceptors (Lipinski definition) is 6. The first kappa shape index (κ1) is 21.0. The number of carbonyl (C=O) groups is 1. The Labute approximate surface area is 172 Å². The molecule has 0 aromatic heterocycles. The third-order valence-corrected chi connectivity index (χ3v) is 5.27. The van der Waals surface area contributed by atoms with Crippen molar-refractivity contribution in [3.8, 4) is 17.2 Å². The Hall–Kier alpha value is -2.73. The molecule has 156 valence electrons. The lowest BCUT2D eigenvalue weighted by atomic mass is 10.1. The fourth-order valence-corrected chi connectivity index (χ4v) is 3.60. The number of hydrogen-bond donors (Lipinski definition) is 0. The van der Waals surface area contributed by atoms with Crippen LogP contribution in [0.5, 0.6) is 17.2 Å². The Morgan fingerprint density at radius 1 is 0.966 bits per heavy atom. The van der Waals surface area contributed by atoms with Crippen molar-refractivity contribution in [1.29, 1.82) is 0 Å². The number of piperidine rings is 1. The van der Waals surface area contributed by atoms with Crippen molar-refractivity contribution >= 4 is 5.97 Å². The summed E-state index contributed by atoms with van der Waals surface area (Å²) < 4.78 is 21.7. The van der Waals surface area contributed by atoms with E-state index in [2.05, 4.69) is 29.2 Å². The minimum absolute atomic E-state index is 0.0745. The van der Waals surface area contributed by atoms with Crippen LogP contribution in [0, 0.1) is 0 Å². The van der Waals surface area contributed by atoms with Crippen LogP contribution in [0.1, 0.15) is 28.8 Å². The van der Waals surface area contributed by atoms with Crippen LogP contribution in [0.3, 0.4) is 0 Å². The first-order valence-corrected chi connectivity index (χ1v) is 9.92. The van der Waals surface area contributed by atoms with Crippen molar-refractivity contribution in [3.63, 3.8) is 0 Å². The predicted molar refractivity (Wildman–Crippen MR) is 111 cm³/mol. The number of nitrogens with zero attached hydrogens (tertiary/aromatic N) is 1. The predicted octanol–water partition coefficient (Wildman–Crippen LogP) is 3.58. The summed E-state index contributed by atoms with van der Waals surface area (Å²) in [5.74, 6) is 0.967. The van der Waals surface area contributed by atoms with Gasteiger partial charge in [0.05, 0.1) is 26.9 Å². The zero-order valence-corrected chi connectivity index (χ0v) is 17.3. The van der Waals surface area contributed by atoms with Crippen LogP contribution in [0.15, 0.2) is 42.5 Å². The van der Waals surface area contributed by atoms with E-state index < -0.39 is 0 Å². The van der Waals surface area contributed by atoms with Gasteiger partial charge >= 0.3 is 5.97 Å². The highest BCUT2D eigenvalue weighted by molar-refractivity contribution is 5.91. The Kier molecular flexibility index (Phi) is 7.36. The van der Waals surface area contributed by atoms with Crippen LogP contribution in [-0.2, 0) is 11.2 Å². The summed E-state index contributed by atoms with van der Waals surface area (Å²) >= 11 is 0. The highest BCUT2D eigenvalue weighted by Gasteiger charge is 2.24. The smallest absolute Gasteiger partial charge is 0.338 e. The van der Waals surface area contributed by atoms with Gasteiger partial charge in [-0.25, -0.2) is 4.79 Å². The number of ether oxygens (including phenoxy) is 4. The second kappa shape index (κ2) is 10.2. The molecular formula is C23H29NO5. The number of likely N-dealkylation sites (tertiary alicyclic amines) is 1. The third kappa shape index (κ3) is 5.41. The number of benzene rings is 2. The van der Waals surface area contributed by atoms with E-state index in [1.807, 2.05) is 6.07 Å². The van der Waals surface area contributed by atoms with E-state index in [0.29, 0.717) is 22.8 Å². The summed E-state index contributed by atoms with van der Waals surface area (Å²) in [7, 11) is 4.58. The molecule has 0 N–H and O–H groups in total. The van der Waals surface area contributed by atoms with E-state index in [1.54, 1.807) is 12.1 Å². The summed E-state index contributed by atoms with van der Waals surface area (Å²) in [6.07, 6.45) is 2.64. The van der Waals surface area contributed by atoms with Crippen LogP contribution in [0.2, 0.25) is 0 Å². The second-order valence-corrected chi connectivity index (χ2v) is 7.10. The highest BCUT2D eigenvalue weighted by Crippen LogP contribution is 2.38. The minimum atomic E-state index is -0.369. The van der Waals surface area contributed by atoms with Crippen LogP contribution >= 0.6 is 0 Å². The summed E-state index contributed by atoms with van der Waals surface area (Å²) in [5.41, 5.74) is 1.74. The molecule has 1 saturated heterocycles. The van der Waals surface area contributed by atoms with Gasteiger partial charge in [0.25, 0.3) is 0 Å². The molecular weight excluding hydrogens is 370 g/mol. The van der Waals surface area contributed by atoms with Gasteiger partial charge in [0.1, 0.15) is 6.10 Å². The molecule has 6 heteroatoms. The van der Waals surface area contributed by atoms with Crippen molar-refractivity contribution < 1.29 is 23.7 Å². The summed E-state index contributed by atoms with van der Waals surface area (Å²) in [6.45, 7) is 2.89. The first-order valence-electron chi connectivity index (χ1n) is 9.92. The molecule has 2 aromatic rings. The van der Waals surface area contributed by atoms with Crippen molar-refractivity contribution in [2.75, 3.05) is 41.0 Å². The molecule has 0 unspecified atom stereocenters. The summed E-state index contributed by atoms with van der Waals surface area (Å²) in [4.78, 5) is 15.1. The highest BCUT2D eigenvalue weighted by atomic mass is 16.5. The molecule has 0 spiro atoms. The van der Waals surface area contributed by atoms with Crippen LogP contribution in [0.4, 0.5) is 0 Å². The van der Waals surface area contributed by atoms with Crippen LogP contribution in [0.25, 0.3) is 0 Å². The molecule has 0 bridgehead atoms. The molecule has 29 heavy (non-hydrogen) atoms. The van der Waals surface area contributed by atoms with Crippen molar-refractivity contribution in [2.24, 2.45) is 0 Å². The average molecular weight is 399 g/mol. The molecule has 0 amide bonds. The molecule has 6 nitrogen and oxygen atoms in total. The molecule has 1 heterocycles. The van der Waals surface area contributed by atoms with Crippen LogP contribution < -0.4 is 14.2 Å². The van der Waals surface area contributed by atoms with E-state index in [4.69, 9.17) is 18.9 Å². The number of carbonyl (C=O) groups excluding carboxylic acids is 1. The second-order valence-electron chi connectivity index (χ2n) is 7.10. The minimum Gasteiger partial charge on any atom is -0.493 e. The van der Waals surface area contributed by atoms with Gasteiger partial charge in [-0.15, -0.1) is 0 Å². The molecule has 3 rings (SSSR count). The Morgan fingerprint density at radius 2 is 1.59 bits per heavy atom. The van der Waals surface area contributed by atoms with Crippen molar-refractivity contribution in [1.82, 2.24) is 4.90 Å². The van der Waals surface area contributed by atoms with Gasteiger partial charge in [-0.05, 0) is 37.0 Å². The maximum atomic E-state index is 12.7. The quantitative estimate of drug-likeness (QED) is 0.633. The molecule has 2 aromatic carbocycles. The Balaban J connectivity index is 1.53. The third-order valence-electron chi connectivity index (χ3n) is 5.27. The van der Waals surface area contributed by atoms with Crippen molar-refractivity contribution in [2.45, 2.75) is 25.4 Å². The molecule has 1 aliphatic heterocycles. The SMILES string of the molecule is COc1cc(C(=O)OC2CCN(CCc3ccccc3)CC2)cc(OC)c1OC. The molecule has 0 saturated carbocycles. The van der Waals surface area contributed by atoms with E-state index >= 15 is 0 Å². The standard InChI is InChI=1S/C23H29NO5/c1-26-20-15-18(16-21(27-2)22(20)28-3)23(25)29-19-10-13-24(14-11-19)12-9-17-7-5-4-6-8-17/h4-8,15-16,19H,9-14H2,1-3H3. The van der Waals surface area contributed by atoms with Gasteiger partial charge in [0.2, 0.25) is 5.75 Å². The van der Waals surface area contributed by atoms with Gasteiger partial charge in [-0.1, -0.05) is 30.3 Å². The molecule has 0 radical (unpaired) electrons. The largest absolute Gasteiger partial charge is 0.493 e. The fraction of sp³-hybridized carbons (Fsp3) is 0.435. The molecule has 1 fully saturated rings. The zero-order valence-electron chi connectivity index (χ0n) is 17.3. The van der Waals surface area contributed by atoms with Gasteiger partial charge in [0, 0.05) is 19.6 Å². The van der Waals surface area contributed by atoms with E-state index in [0.717, 1.165) is 38.9 Å². The Bertz CT molecular complexity index is 775. The first-order chi connectivity index (χ1) is 14.1. The number of rotatable bonds is 8. The lowest BCUT2D eigenvalue weighted by molar-refractivity contribution is 0.0114. The van der Waals surface area contributed by atoms with Crippen LogP contribution in [-0.4, -0.2) is 57.9 Å².